The second kappa shape index (κ2) is 6.22. The molecule has 0 aliphatic heterocycles. The molecule has 0 spiro atoms. The number of benzene rings is 1. The van der Waals surface area contributed by atoms with Crippen LogP contribution in [0.5, 0.6) is 0 Å². The highest BCUT2D eigenvalue weighted by Crippen LogP contribution is 2.30. The zero-order valence-electron chi connectivity index (χ0n) is 9.41. The lowest BCUT2D eigenvalue weighted by Crippen LogP contribution is -2.11. The predicted molar refractivity (Wildman–Crippen MR) is 72.0 cm³/mol. The number of rotatable bonds is 6. The van der Waals surface area contributed by atoms with E-state index >= 15 is 0 Å². The second-order valence-electron chi connectivity index (χ2n) is 3.40. The van der Waals surface area contributed by atoms with Crippen LogP contribution in [0.15, 0.2) is 23.1 Å². The largest absolute Gasteiger partial charge is 0.366 e. The van der Waals surface area contributed by atoms with Gasteiger partial charge in [0.05, 0.1) is 15.6 Å². The van der Waals surface area contributed by atoms with E-state index in [1.807, 2.05) is 0 Å². The number of hydrogen-bond donors (Lipinski definition) is 1. The summed E-state index contributed by atoms with van der Waals surface area (Å²) in [5.74, 6) is -1.02. The third-order valence-corrected chi connectivity index (χ3v) is 4.49. The quantitative estimate of drug-likeness (QED) is 0.365. The molecule has 0 saturated heterocycles. The minimum absolute atomic E-state index is 0.0366. The van der Waals surface area contributed by atoms with E-state index in [4.69, 9.17) is 16.4 Å². The van der Waals surface area contributed by atoms with Crippen molar-refractivity contribution in [2.24, 2.45) is 5.73 Å². The van der Waals surface area contributed by atoms with Crippen molar-refractivity contribution in [1.82, 2.24) is 0 Å². The van der Waals surface area contributed by atoms with Gasteiger partial charge in [0.1, 0.15) is 0 Å². The Hall–Kier alpha value is -1.32. The summed E-state index contributed by atoms with van der Waals surface area (Å²) in [6, 6.07) is 3.65. The fraction of sp³-hybridized carbons (Fsp3) is 0.222. The summed E-state index contributed by atoms with van der Waals surface area (Å²) in [5.41, 5.74) is 4.96. The van der Waals surface area contributed by atoms with Crippen LogP contribution in [0.2, 0.25) is 0 Å². The summed E-state index contributed by atoms with van der Waals surface area (Å²) >= 11 is 0.921. The molecule has 0 saturated carbocycles. The molecule has 1 aromatic carbocycles. The molecule has 1 rings (SSSR count). The van der Waals surface area contributed by atoms with Gasteiger partial charge in [-0.25, -0.2) is 8.42 Å². The zero-order chi connectivity index (χ0) is 14.6. The van der Waals surface area contributed by atoms with Crippen molar-refractivity contribution in [3.8, 4) is 0 Å². The van der Waals surface area contributed by atoms with Gasteiger partial charge >= 0.3 is 0 Å². The van der Waals surface area contributed by atoms with Gasteiger partial charge in [-0.05, 0) is 12.1 Å². The molecule has 1 amide bonds. The van der Waals surface area contributed by atoms with Crippen molar-refractivity contribution in [2.75, 3.05) is 11.5 Å². The van der Waals surface area contributed by atoms with Gasteiger partial charge in [-0.2, -0.15) is 0 Å². The van der Waals surface area contributed by atoms with Crippen molar-refractivity contribution >= 4 is 43.1 Å². The van der Waals surface area contributed by atoms with Crippen molar-refractivity contribution in [3.05, 3.63) is 33.9 Å². The maximum Gasteiger partial charge on any atom is 0.282 e. The van der Waals surface area contributed by atoms with Crippen LogP contribution in [0.3, 0.4) is 0 Å². The Kier molecular flexibility index (Phi) is 5.15. The Morgan fingerprint density at radius 1 is 1.47 bits per heavy atom. The molecule has 104 valence electrons. The van der Waals surface area contributed by atoms with Crippen LogP contribution in [-0.2, 0) is 9.05 Å². The normalized spacial score (nSPS) is 11.2. The minimum Gasteiger partial charge on any atom is -0.366 e. The van der Waals surface area contributed by atoms with Crippen molar-refractivity contribution in [2.45, 2.75) is 4.90 Å². The van der Waals surface area contributed by atoms with Gasteiger partial charge in [0.25, 0.3) is 5.69 Å². The first kappa shape index (κ1) is 15.7. The van der Waals surface area contributed by atoms with E-state index < -0.39 is 19.9 Å². The van der Waals surface area contributed by atoms with Crippen LogP contribution >= 0.6 is 22.4 Å². The monoisotopic (exact) mass is 324 g/mol. The van der Waals surface area contributed by atoms with Crippen LogP contribution < -0.4 is 5.73 Å². The number of primary amides is 1. The highest BCUT2D eigenvalue weighted by Gasteiger charge is 2.17. The number of nitro groups is 1. The average molecular weight is 325 g/mol. The Bertz CT molecular complexity index is 617. The van der Waals surface area contributed by atoms with Gasteiger partial charge < -0.3 is 5.73 Å². The lowest BCUT2D eigenvalue weighted by atomic mass is 10.2. The number of nitro benzene ring substituents is 1. The standard InChI is InChI=1S/C9H9ClN2O5S2/c10-19(16,17)4-3-18-8-5-6(9(11)13)1-2-7(8)12(14)15/h1-2,5H,3-4H2,(H2,11,13). The van der Waals surface area contributed by atoms with Crippen LogP contribution in [0.25, 0.3) is 0 Å². The molecule has 0 heterocycles. The number of nitrogens with zero attached hydrogens (tertiary/aromatic N) is 1. The summed E-state index contributed by atoms with van der Waals surface area (Å²) in [7, 11) is 1.37. The van der Waals surface area contributed by atoms with Gasteiger partial charge in [-0.15, -0.1) is 11.8 Å². The van der Waals surface area contributed by atoms with Gasteiger partial charge in [0, 0.05) is 28.1 Å². The molecule has 0 aliphatic rings. The molecule has 7 nitrogen and oxygen atoms in total. The van der Waals surface area contributed by atoms with E-state index in [1.165, 1.54) is 12.1 Å². The van der Waals surface area contributed by atoms with Crippen LogP contribution in [0.1, 0.15) is 10.4 Å². The maximum atomic E-state index is 11.0. The lowest BCUT2D eigenvalue weighted by molar-refractivity contribution is -0.387. The van der Waals surface area contributed by atoms with Crippen LogP contribution in [-0.4, -0.2) is 30.8 Å². The third kappa shape index (κ3) is 5.05. The second-order valence-corrected chi connectivity index (χ2v) is 7.43. The van der Waals surface area contributed by atoms with Gasteiger partial charge in [-0.1, -0.05) is 0 Å². The molecule has 0 radical (unpaired) electrons. The van der Waals surface area contributed by atoms with E-state index in [1.54, 1.807) is 0 Å². The average Bonchev–Trinajstić information content (AvgIpc) is 2.26. The summed E-state index contributed by atoms with van der Waals surface area (Å²) in [5, 5.41) is 10.8. The van der Waals surface area contributed by atoms with Crippen molar-refractivity contribution < 1.29 is 18.1 Å². The van der Waals surface area contributed by atoms with E-state index in [-0.39, 0.29) is 27.7 Å². The molecule has 10 heteroatoms. The SMILES string of the molecule is NC(=O)c1ccc([N+](=O)[O-])c(SCCS(=O)(=O)Cl)c1. The van der Waals surface area contributed by atoms with Crippen molar-refractivity contribution in [1.29, 1.82) is 0 Å². The molecule has 0 atom stereocenters. The highest BCUT2D eigenvalue weighted by atomic mass is 35.7. The summed E-state index contributed by atoms with van der Waals surface area (Å²) in [4.78, 5) is 21.3. The Labute approximate surface area is 117 Å². The first-order valence-corrected chi connectivity index (χ1v) is 8.30. The maximum absolute atomic E-state index is 11.0. The molecule has 0 bridgehead atoms. The molecule has 1 aromatic rings. The molecule has 0 unspecified atom stereocenters. The van der Waals surface area contributed by atoms with E-state index in [2.05, 4.69) is 0 Å². The van der Waals surface area contributed by atoms with Gasteiger partial charge in [0.15, 0.2) is 0 Å². The summed E-state index contributed by atoms with van der Waals surface area (Å²) in [6.07, 6.45) is 0. The molecule has 19 heavy (non-hydrogen) atoms. The number of nitrogens with two attached hydrogens (primary N) is 1. The topological polar surface area (TPSA) is 120 Å². The molecular weight excluding hydrogens is 316 g/mol. The fourth-order valence-corrected chi connectivity index (χ4v) is 3.60. The number of hydrogen-bond acceptors (Lipinski definition) is 6. The predicted octanol–water partition coefficient (Wildman–Crippen LogP) is 1.35. The first-order chi connectivity index (χ1) is 8.70. The molecule has 0 fully saturated rings. The number of thioether (sulfide) groups is 1. The lowest BCUT2D eigenvalue weighted by Gasteiger charge is -2.04. The fourth-order valence-electron chi connectivity index (χ4n) is 1.18. The smallest absolute Gasteiger partial charge is 0.282 e. The Morgan fingerprint density at radius 3 is 2.58 bits per heavy atom. The van der Waals surface area contributed by atoms with Gasteiger partial charge in [-0.3, -0.25) is 14.9 Å². The number of amides is 1. The Balaban J connectivity index is 2.98. The summed E-state index contributed by atoms with van der Waals surface area (Å²) < 4.78 is 21.5. The molecule has 2 N–H and O–H groups in total. The van der Waals surface area contributed by atoms with Crippen LogP contribution in [0.4, 0.5) is 5.69 Å². The van der Waals surface area contributed by atoms with E-state index in [9.17, 15) is 23.3 Å². The van der Waals surface area contributed by atoms with E-state index in [0.717, 1.165) is 17.8 Å². The first-order valence-electron chi connectivity index (χ1n) is 4.84. The van der Waals surface area contributed by atoms with Crippen LogP contribution in [0, 0.1) is 10.1 Å². The number of carbonyl (C=O) groups is 1. The molecular formula is C9H9ClN2O5S2. The minimum atomic E-state index is -3.66. The van der Waals surface area contributed by atoms with E-state index in [0.29, 0.717) is 0 Å². The number of carbonyl (C=O) groups excluding carboxylic acids is 1. The number of halogens is 1. The molecule has 0 aliphatic carbocycles. The zero-order valence-corrected chi connectivity index (χ0v) is 11.8. The van der Waals surface area contributed by atoms with Crippen molar-refractivity contribution in [3.63, 3.8) is 0 Å². The van der Waals surface area contributed by atoms with Gasteiger partial charge in [0.2, 0.25) is 15.0 Å². The molecule has 0 aromatic heterocycles. The third-order valence-electron chi connectivity index (χ3n) is 2.03. The summed E-state index contributed by atoms with van der Waals surface area (Å²) in [6.45, 7) is 0. The highest BCUT2D eigenvalue weighted by molar-refractivity contribution is 8.14. The Morgan fingerprint density at radius 2 is 2.11 bits per heavy atom.